The minimum Gasteiger partial charge on any atom is -0.373 e. The second-order valence-corrected chi connectivity index (χ2v) is 14.0. The van der Waals surface area contributed by atoms with Gasteiger partial charge < -0.3 is 4.90 Å². The van der Waals surface area contributed by atoms with Crippen LogP contribution >= 0.6 is 11.2 Å². The van der Waals surface area contributed by atoms with Crippen molar-refractivity contribution in [3.05, 3.63) is 11.1 Å². The third-order valence-corrected chi connectivity index (χ3v) is 5.11. The van der Waals surface area contributed by atoms with Gasteiger partial charge in [0.05, 0.1) is 5.03 Å². The van der Waals surface area contributed by atoms with E-state index >= 15 is 0 Å². The van der Waals surface area contributed by atoms with E-state index in [1.54, 1.807) is 0 Å². The van der Waals surface area contributed by atoms with Crippen LogP contribution in [0.4, 0.5) is 0 Å². The molecule has 0 bridgehead atoms. The molecule has 0 N–H and O–H groups in total. The highest BCUT2D eigenvalue weighted by Gasteiger charge is 2.17. The molecule has 0 unspecified atom stereocenters. The van der Waals surface area contributed by atoms with Gasteiger partial charge in [0.15, 0.2) is 0 Å². The van der Waals surface area contributed by atoms with Gasteiger partial charge in [0.2, 0.25) is 0 Å². The summed E-state index contributed by atoms with van der Waals surface area (Å²) in [5.41, 5.74) is 0. The Hall–Kier alpha value is 0.107. The third-order valence-electron chi connectivity index (χ3n) is 1.33. The van der Waals surface area contributed by atoms with Crippen LogP contribution in [0.3, 0.4) is 0 Å². The lowest BCUT2D eigenvalue weighted by atomic mass is 10.2. The lowest BCUT2D eigenvalue weighted by molar-refractivity contribution is 0.543. The molecule has 0 aromatic carbocycles. The first-order chi connectivity index (χ1) is 5.72. The standard InChI is InChI=1S/C10H23NSSi/c1-9(2)8-10(11(3)4)12-13(5,6)7/h8-9H,1-7H3/b10-8+. The predicted molar refractivity (Wildman–Crippen MR) is 67.5 cm³/mol. The van der Waals surface area contributed by atoms with Crippen molar-refractivity contribution in [2.45, 2.75) is 33.5 Å². The summed E-state index contributed by atoms with van der Waals surface area (Å²) in [6.07, 6.45) is 2.35. The van der Waals surface area contributed by atoms with E-state index in [4.69, 9.17) is 0 Å². The molecule has 0 radical (unpaired) electrons. The van der Waals surface area contributed by atoms with E-state index < -0.39 is 7.22 Å². The first-order valence-corrected chi connectivity index (χ1v) is 9.84. The SMILES string of the molecule is CC(C)/C=C(/S[Si](C)(C)C)N(C)C. The van der Waals surface area contributed by atoms with Gasteiger partial charge in [-0.1, -0.05) is 39.6 Å². The number of rotatable bonds is 4. The molecule has 0 amide bonds. The maximum Gasteiger partial charge on any atom is 0.116 e. The Kier molecular flexibility index (Phi) is 5.15. The average molecular weight is 217 g/mol. The van der Waals surface area contributed by atoms with Crippen molar-refractivity contribution >= 4 is 18.4 Å². The molecule has 3 heteroatoms. The van der Waals surface area contributed by atoms with Crippen molar-refractivity contribution in [1.82, 2.24) is 4.90 Å². The van der Waals surface area contributed by atoms with Crippen molar-refractivity contribution < 1.29 is 0 Å². The van der Waals surface area contributed by atoms with Crippen LogP contribution in [0.15, 0.2) is 11.1 Å². The number of allylic oxidation sites excluding steroid dienone is 1. The van der Waals surface area contributed by atoms with Crippen LogP contribution in [0.2, 0.25) is 19.6 Å². The zero-order valence-corrected chi connectivity index (χ0v) is 11.8. The number of nitrogens with zero attached hydrogens (tertiary/aromatic N) is 1. The van der Waals surface area contributed by atoms with E-state index in [-0.39, 0.29) is 0 Å². The first-order valence-electron chi connectivity index (χ1n) is 4.80. The summed E-state index contributed by atoms with van der Waals surface area (Å²) in [6.45, 7) is 11.6. The summed E-state index contributed by atoms with van der Waals surface area (Å²) in [5.74, 6) is 0.640. The molecule has 0 fully saturated rings. The van der Waals surface area contributed by atoms with Crippen molar-refractivity contribution in [2.24, 2.45) is 5.92 Å². The molecule has 0 aliphatic carbocycles. The summed E-state index contributed by atoms with van der Waals surface area (Å²) < 4.78 is 0. The molecule has 0 saturated carbocycles. The number of hydrogen-bond donors (Lipinski definition) is 0. The normalized spacial score (nSPS) is 13.7. The highest BCUT2D eigenvalue weighted by molar-refractivity contribution is 8.31. The lowest BCUT2D eigenvalue weighted by Crippen LogP contribution is -2.20. The quantitative estimate of drug-likeness (QED) is 0.662. The molecular formula is C10H23NSSi. The van der Waals surface area contributed by atoms with E-state index in [9.17, 15) is 0 Å². The summed E-state index contributed by atoms with van der Waals surface area (Å²) in [6, 6.07) is 0. The van der Waals surface area contributed by atoms with Crippen LogP contribution < -0.4 is 0 Å². The maximum absolute atomic E-state index is 2.38. The van der Waals surface area contributed by atoms with Crippen molar-refractivity contribution in [2.75, 3.05) is 14.1 Å². The summed E-state index contributed by atoms with van der Waals surface area (Å²) in [5, 5.41) is 1.43. The van der Waals surface area contributed by atoms with Crippen LogP contribution in [0.1, 0.15) is 13.8 Å². The first kappa shape index (κ1) is 13.1. The third kappa shape index (κ3) is 7.20. The van der Waals surface area contributed by atoms with Crippen molar-refractivity contribution in [3.63, 3.8) is 0 Å². The number of hydrogen-bond acceptors (Lipinski definition) is 2. The van der Waals surface area contributed by atoms with Crippen molar-refractivity contribution in [3.8, 4) is 0 Å². The zero-order valence-electron chi connectivity index (χ0n) is 10.0. The second-order valence-electron chi connectivity index (χ2n) is 4.86. The van der Waals surface area contributed by atoms with Gasteiger partial charge in [-0.3, -0.25) is 0 Å². The van der Waals surface area contributed by atoms with Crippen LogP contribution in [-0.2, 0) is 0 Å². The molecule has 1 nitrogen and oxygen atoms in total. The van der Waals surface area contributed by atoms with Gasteiger partial charge in [0, 0.05) is 14.1 Å². The molecule has 0 aromatic rings. The van der Waals surface area contributed by atoms with E-state index in [2.05, 4.69) is 69.8 Å². The topological polar surface area (TPSA) is 3.24 Å². The molecule has 0 rings (SSSR count). The van der Waals surface area contributed by atoms with Crippen LogP contribution in [0.5, 0.6) is 0 Å². The monoisotopic (exact) mass is 217 g/mol. The Balaban J connectivity index is 4.46. The Labute approximate surface area is 88.2 Å². The molecule has 13 heavy (non-hydrogen) atoms. The Morgan fingerprint density at radius 3 is 1.92 bits per heavy atom. The average Bonchev–Trinajstić information content (AvgIpc) is 1.81. The fourth-order valence-corrected chi connectivity index (χ4v) is 4.66. The maximum atomic E-state index is 2.38. The van der Waals surface area contributed by atoms with Crippen LogP contribution in [-0.4, -0.2) is 26.2 Å². The van der Waals surface area contributed by atoms with Gasteiger partial charge in [-0.2, -0.15) is 0 Å². The fourth-order valence-electron chi connectivity index (χ4n) is 0.873. The Bertz CT molecular complexity index is 180. The van der Waals surface area contributed by atoms with Gasteiger partial charge >= 0.3 is 0 Å². The van der Waals surface area contributed by atoms with E-state index in [1.165, 1.54) is 5.03 Å². The highest BCUT2D eigenvalue weighted by Crippen LogP contribution is 2.29. The molecule has 0 aliphatic heterocycles. The molecule has 78 valence electrons. The molecule has 0 spiro atoms. The van der Waals surface area contributed by atoms with Crippen LogP contribution in [0.25, 0.3) is 0 Å². The molecular weight excluding hydrogens is 194 g/mol. The largest absolute Gasteiger partial charge is 0.373 e. The highest BCUT2D eigenvalue weighted by atomic mass is 32.4. The summed E-state index contributed by atoms with van der Waals surface area (Å²) >= 11 is 2.06. The molecule has 0 aromatic heterocycles. The predicted octanol–water partition coefficient (Wildman–Crippen LogP) is 3.61. The van der Waals surface area contributed by atoms with Crippen LogP contribution in [0, 0.1) is 5.92 Å². The van der Waals surface area contributed by atoms with Crippen molar-refractivity contribution in [1.29, 1.82) is 0 Å². The van der Waals surface area contributed by atoms with Gasteiger partial charge in [0.25, 0.3) is 0 Å². The van der Waals surface area contributed by atoms with Gasteiger partial charge in [-0.05, 0) is 5.92 Å². The molecule has 0 saturated heterocycles. The lowest BCUT2D eigenvalue weighted by Gasteiger charge is -2.24. The molecule has 0 heterocycles. The Morgan fingerprint density at radius 1 is 1.23 bits per heavy atom. The minimum atomic E-state index is -1.04. The molecule has 0 atom stereocenters. The smallest absolute Gasteiger partial charge is 0.116 e. The zero-order chi connectivity index (χ0) is 10.6. The van der Waals surface area contributed by atoms with Gasteiger partial charge in [-0.15, -0.1) is 11.2 Å². The second kappa shape index (κ2) is 5.10. The molecule has 0 aliphatic rings. The minimum absolute atomic E-state index is 0.640. The van der Waals surface area contributed by atoms with E-state index in [0.29, 0.717) is 5.92 Å². The summed E-state index contributed by atoms with van der Waals surface area (Å²) in [7, 11) is 3.21. The van der Waals surface area contributed by atoms with Gasteiger partial charge in [0.1, 0.15) is 7.22 Å². The van der Waals surface area contributed by atoms with Gasteiger partial charge in [-0.25, -0.2) is 0 Å². The van der Waals surface area contributed by atoms with E-state index in [1.807, 2.05) is 0 Å². The Morgan fingerprint density at radius 2 is 1.69 bits per heavy atom. The summed E-state index contributed by atoms with van der Waals surface area (Å²) in [4.78, 5) is 2.23. The fraction of sp³-hybridized carbons (Fsp3) is 0.800. The van der Waals surface area contributed by atoms with E-state index in [0.717, 1.165) is 0 Å².